The summed E-state index contributed by atoms with van der Waals surface area (Å²) in [7, 11) is 0. The molecule has 0 radical (unpaired) electrons. The summed E-state index contributed by atoms with van der Waals surface area (Å²) in [6.45, 7) is 5.69. The highest BCUT2D eigenvalue weighted by atomic mass is 16.3. The van der Waals surface area contributed by atoms with Gasteiger partial charge >= 0.3 is 0 Å². The molecule has 0 spiro atoms. The van der Waals surface area contributed by atoms with Crippen molar-refractivity contribution < 1.29 is 9.90 Å². The number of carbonyl (C=O) groups is 1. The number of benzene rings is 1. The lowest BCUT2D eigenvalue weighted by Crippen LogP contribution is -2.39. The van der Waals surface area contributed by atoms with Gasteiger partial charge in [0.1, 0.15) is 0 Å². The summed E-state index contributed by atoms with van der Waals surface area (Å²) in [5.74, 6) is -0.0220. The number of aliphatic hydroxyl groups excluding tert-OH is 1. The van der Waals surface area contributed by atoms with Crippen molar-refractivity contribution in [1.29, 1.82) is 0 Å². The highest BCUT2D eigenvalue weighted by Crippen LogP contribution is 1.98. The lowest BCUT2D eigenvalue weighted by molar-refractivity contribution is -0.122. The first-order valence-corrected chi connectivity index (χ1v) is 6.51. The fourth-order valence-electron chi connectivity index (χ4n) is 1.81. The normalized spacial score (nSPS) is 10.4. The average molecular weight is 262 g/mol. The molecule has 2 N–H and O–H groups in total. The van der Waals surface area contributed by atoms with Crippen molar-refractivity contribution in [3.8, 4) is 0 Å². The average Bonchev–Trinajstić information content (AvgIpc) is 2.40. The van der Waals surface area contributed by atoms with Gasteiger partial charge in [0, 0.05) is 19.6 Å². The topological polar surface area (TPSA) is 52.6 Å². The Labute approximate surface area is 114 Å². The predicted octanol–water partition coefficient (Wildman–Crippen LogP) is 0.826. The second-order valence-electron chi connectivity index (χ2n) is 4.33. The van der Waals surface area contributed by atoms with E-state index >= 15 is 0 Å². The Morgan fingerprint density at radius 2 is 2.11 bits per heavy atom. The summed E-state index contributed by atoms with van der Waals surface area (Å²) in [5.41, 5.74) is 1.21. The monoisotopic (exact) mass is 262 g/mol. The van der Waals surface area contributed by atoms with Crippen LogP contribution in [0.4, 0.5) is 0 Å². The number of amides is 1. The second-order valence-corrected chi connectivity index (χ2v) is 4.33. The van der Waals surface area contributed by atoms with Gasteiger partial charge in [0.05, 0.1) is 13.2 Å². The van der Waals surface area contributed by atoms with Crippen LogP contribution in [0.1, 0.15) is 5.56 Å². The van der Waals surface area contributed by atoms with Gasteiger partial charge < -0.3 is 10.4 Å². The maximum Gasteiger partial charge on any atom is 0.234 e. The highest BCUT2D eigenvalue weighted by molar-refractivity contribution is 5.78. The molecule has 0 aromatic heterocycles. The van der Waals surface area contributed by atoms with E-state index in [2.05, 4.69) is 11.9 Å². The van der Waals surface area contributed by atoms with E-state index in [4.69, 9.17) is 5.11 Å². The third-order valence-corrected chi connectivity index (χ3v) is 2.75. The van der Waals surface area contributed by atoms with Crippen LogP contribution < -0.4 is 5.32 Å². The molecule has 0 heterocycles. The Morgan fingerprint density at radius 1 is 1.37 bits per heavy atom. The van der Waals surface area contributed by atoms with E-state index in [1.54, 1.807) is 6.08 Å². The van der Waals surface area contributed by atoms with Crippen LogP contribution >= 0.6 is 0 Å². The minimum atomic E-state index is -0.0220. The Bertz CT molecular complexity index is 379. The number of hydrogen-bond acceptors (Lipinski definition) is 3. The molecule has 0 atom stereocenters. The quantitative estimate of drug-likeness (QED) is 0.648. The van der Waals surface area contributed by atoms with Gasteiger partial charge in [-0.1, -0.05) is 36.4 Å². The Hall–Kier alpha value is -1.65. The van der Waals surface area contributed by atoms with Crippen molar-refractivity contribution in [3.05, 3.63) is 48.6 Å². The molecule has 1 amide bonds. The summed E-state index contributed by atoms with van der Waals surface area (Å²) < 4.78 is 0. The largest absolute Gasteiger partial charge is 0.395 e. The zero-order valence-electron chi connectivity index (χ0n) is 11.2. The third-order valence-electron chi connectivity index (χ3n) is 2.75. The number of aliphatic hydroxyl groups is 1. The van der Waals surface area contributed by atoms with E-state index < -0.39 is 0 Å². The van der Waals surface area contributed by atoms with Crippen molar-refractivity contribution in [2.24, 2.45) is 0 Å². The molecule has 0 saturated heterocycles. The van der Waals surface area contributed by atoms with Crippen LogP contribution in [-0.4, -0.2) is 48.7 Å². The summed E-state index contributed by atoms with van der Waals surface area (Å²) in [4.78, 5) is 13.6. The number of carbonyl (C=O) groups excluding carboxylic acids is 1. The molecular formula is C15H22N2O2. The molecule has 0 unspecified atom stereocenters. The molecule has 4 heteroatoms. The number of hydrogen-bond donors (Lipinski definition) is 2. The van der Waals surface area contributed by atoms with E-state index in [-0.39, 0.29) is 12.5 Å². The molecule has 1 rings (SSSR count). The fourth-order valence-corrected chi connectivity index (χ4v) is 1.81. The maximum atomic E-state index is 11.7. The minimum absolute atomic E-state index is 0.0220. The van der Waals surface area contributed by atoms with E-state index in [1.165, 1.54) is 5.56 Å². The summed E-state index contributed by atoms with van der Waals surface area (Å²) >= 11 is 0. The number of nitrogens with zero attached hydrogens (tertiary/aromatic N) is 1. The zero-order chi connectivity index (χ0) is 13.9. The first-order valence-electron chi connectivity index (χ1n) is 6.51. The molecule has 0 saturated carbocycles. The highest BCUT2D eigenvalue weighted by Gasteiger charge is 2.08. The summed E-state index contributed by atoms with van der Waals surface area (Å²) in [6, 6.07) is 10.0. The van der Waals surface area contributed by atoms with E-state index in [0.29, 0.717) is 26.2 Å². The van der Waals surface area contributed by atoms with Crippen molar-refractivity contribution in [3.63, 3.8) is 0 Å². The molecule has 0 fully saturated rings. The van der Waals surface area contributed by atoms with Crippen LogP contribution in [0.5, 0.6) is 0 Å². The second kappa shape index (κ2) is 9.30. The van der Waals surface area contributed by atoms with Gasteiger partial charge in [0.25, 0.3) is 0 Å². The maximum absolute atomic E-state index is 11.7. The van der Waals surface area contributed by atoms with E-state index in [0.717, 1.165) is 6.42 Å². The standard InChI is InChI=1S/C15H22N2O2/c1-2-10-17(11-12-18)13-15(19)16-9-8-14-6-4-3-5-7-14/h2-7,18H,1,8-13H2,(H,16,19). The van der Waals surface area contributed by atoms with Crippen LogP contribution in [0.15, 0.2) is 43.0 Å². The van der Waals surface area contributed by atoms with Crippen LogP contribution in [0.3, 0.4) is 0 Å². The molecule has 0 aliphatic rings. The summed E-state index contributed by atoms with van der Waals surface area (Å²) in [5, 5.41) is 11.8. The molecule has 4 nitrogen and oxygen atoms in total. The minimum Gasteiger partial charge on any atom is -0.395 e. The number of nitrogens with one attached hydrogen (secondary N) is 1. The van der Waals surface area contributed by atoms with Crippen LogP contribution in [0.25, 0.3) is 0 Å². The molecule has 0 aliphatic carbocycles. The fraction of sp³-hybridized carbons (Fsp3) is 0.400. The van der Waals surface area contributed by atoms with E-state index in [1.807, 2.05) is 35.2 Å². The van der Waals surface area contributed by atoms with Gasteiger partial charge in [0.2, 0.25) is 5.91 Å². The van der Waals surface area contributed by atoms with Gasteiger partial charge in [-0.05, 0) is 12.0 Å². The molecule has 104 valence electrons. The van der Waals surface area contributed by atoms with Gasteiger partial charge in [-0.3, -0.25) is 9.69 Å². The van der Waals surface area contributed by atoms with Crippen molar-refractivity contribution in [2.45, 2.75) is 6.42 Å². The summed E-state index contributed by atoms with van der Waals surface area (Å²) in [6.07, 6.45) is 2.56. The SMILES string of the molecule is C=CCN(CCO)CC(=O)NCCc1ccccc1. The van der Waals surface area contributed by atoms with Crippen molar-refractivity contribution >= 4 is 5.91 Å². The lowest BCUT2D eigenvalue weighted by Gasteiger charge is -2.18. The Balaban J connectivity index is 2.24. The first-order chi connectivity index (χ1) is 9.26. The molecule has 1 aromatic rings. The molecule has 0 aliphatic heterocycles. The molecule has 19 heavy (non-hydrogen) atoms. The third kappa shape index (κ3) is 6.74. The van der Waals surface area contributed by atoms with E-state index in [9.17, 15) is 4.79 Å². The van der Waals surface area contributed by atoms with Crippen molar-refractivity contribution in [1.82, 2.24) is 10.2 Å². The van der Waals surface area contributed by atoms with Gasteiger partial charge in [-0.25, -0.2) is 0 Å². The lowest BCUT2D eigenvalue weighted by atomic mass is 10.1. The Morgan fingerprint density at radius 3 is 2.74 bits per heavy atom. The van der Waals surface area contributed by atoms with Gasteiger partial charge in [0.15, 0.2) is 0 Å². The first kappa shape index (κ1) is 15.4. The number of rotatable bonds is 9. The van der Waals surface area contributed by atoms with Crippen molar-refractivity contribution in [2.75, 3.05) is 32.8 Å². The molecule has 1 aromatic carbocycles. The Kier molecular flexibility index (Phi) is 7.54. The predicted molar refractivity (Wildman–Crippen MR) is 76.9 cm³/mol. The van der Waals surface area contributed by atoms with Gasteiger partial charge in [-0.2, -0.15) is 0 Å². The molecular weight excluding hydrogens is 240 g/mol. The van der Waals surface area contributed by atoms with Gasteiger partial charge in [-0.15, -0.1) is 6.58 Å². The zero-order valence-corrected chi connectivity index (χ0v) is 11.2. The van der Waals surface area contributed by atoms with Crippen LogP contribution in [0.2, 0.25) is 0 Å². The smallest absolute Gasteiger partial charge is 0.234 e. The van der Waals surface area contributed by atoms with Crippen LogP contribution in [-0.2, 0) is 11.2 Å². The molecule has 0 bridgehead atoms. The van der Waals surface area contributed by atoms with Crippen LogP contribution in [0, 0.1) is 0 Å².